The Morgan fingerprint density at radius 3 is 2.56 bits per heavy atom. The van der Waals surface area contributed by atoms with E-state index in [-0.39, 0.29) is 5.60 Å². The Labute approximate surface area is 114 Å². The van der Waals surface area contributed by atoms with Crippen molar-refractivity contribution in [1.82, 2.24) is 0 Å². The molecule has 0 radical (unpaired) electrons. The van der Waals surface area contributed by atoms with Crippen LogP contribution in [0.1, 0.15) is 30.5 Å². The van der Waals surface area contributed by atoms with Gasteiger partial charge in [-0.15, -0.1) is 0 Å². The fourth-order valence-corrected chi connectivity index (χ4v) is 2.89. The van der Waals surface area contributed by atoms with Crippen LogP contribution in [0.5, 0.6) is 5.75 Å². The number of hydrogen-bond acceptors (Lipinski definition) is 2. The molecule has 1 aliphatic heterocycles. The van der Waals surface area contributed by atoms with Crippen LogP contribution in [0.25, 0.3) is 0 Å². The van der Waals surface area contributed by atoms with Gasteiger partial charge in [0, 0.05) is 12.0 Å². The summed E-state index contributed by atoms with van der Waals surface area (Å²) in [4.78, 5) is 10.9. The second-order valence-electron chi connectivity index (χ2n) is 5.22. The summed E-state index contributed by atoms with van der Waals surface area (Å²) < 4.78 is 6.76. The highest BCUT2D eigenvalue weighted by Crippen LogP contribution is 2.47. The Bertz CT molecular complexity index is 538. The molecule has 0 atom stereocenters. The zero-order chi connectivity index (χ0) is 13.7. The van der Waals surface area contributed by atoms with E-state index in [0.717, 1.165) is 33.3 Å². The molecule has 0 saturated carbocycles. The molecule has 0 unspecified atom stereocenters. The molecule has 2 rings (SSSR count). The Kier molecular flexibility index (Phi) is 3.05. The summed E-state index contributed by atoms with van der Waals surface area (Å²) in [5, 5.41) is 11.4. The van der Waals surface area contributed by atoms with Gasteiger partial charge in [0.1, 0.15) is 11.4 Å². The third-order valence-corrected chi connectivity index (χ3v) is 4.17. The molecule has 1 heterocycles. The van der Waals surface area contributed by atoms with Gasteiger partial charge in [0.15, 0.2) is 0 Å². The van der Waals surface area contributed by atoms with E-state index >= 15 is 0 Å². The molecule has 98 valence electrons. The van der Waals surface area contributed by atoms with Crippen molar-refractivity contribution in [1.29, 1.82) is 0 Å². The van der Waals surface area contributed by atoms with Crippen molar-refractivity contribution < 1.29 is 14.6 Å². The lowest BCUT2D eigenvalue weighted by Crippen LogP contribution is -2.24. The maximum absolute atomic E-state index is 10.9. The zero-order valence-electron chi connectivity index (χ0n) is 10.8. The van der Waals surface area contributed by atoms with Gasteiger partial charge in [-0.25, -0.2) is 4.79 Å². The molecule has 2 N–H and O–H groups in total. The second kappa shape index (κ2) is 4.16. The molecule has 1 aromatic carbocycles. The second-order valence-corrected chi connectivity index (χ2v) is 6.01. The summed E-state index contributed by atoms with van der Waals surface area (Å²) in [5.41, 5.74) is 3.27. The molecule has 5 heteroatoms. The van der Waals surface area contributed by atoms with Crippen LogP contribution in [0.15, 0.2) is 4.47 Å². The Morgan fingerprint density at radius 1 is 1.39 bits per heavy atom. The summed E-state index contributed by atoms with van der Waals surface area (Å²) in [6.45, 7) is 7.85. The molecule has 18 heavy (non-hydrogen) atoms. The number of amides is 1. The molecule has 1 aliphatic rings. The molecule has 0 bridgehead atoms. The minimum atomic E-state index is -1.05. The summed E-state index contributed by atoms with van der Waals surface area (Å²) in [7, 11) is 0. The van der Waals surface area contributed by atoms with Gasteiger partial charge in [-0.2, -0.15) is 0 Å². The molecule has 0 aliphatic carbocycles. The first-order chi connectivity index (χ1) is 8.23. The van der Waals surface area contributed by atoms with Crippen molar-refractivity contribution in [2.75, 3.05) is 5.32 Å². The SMILES string of the molecule is Cc1c(Br)c2c(c(C)c1NC(=O)O)CC(C)(C)O2. The normalized spacial score (nSPS) is 16.1. The summed E-state index contributed by atoms with van der Waals surface area (Å²) in [5.74, 6) is 0.839. The molecule has 0 fully saturated rings. The van der Waals surface area contributed by atoms with E-state index in [2.05, 4.69) is 21.2 Å². The fourth-order valence-electron chi connectivity index (χ4n) is 2.37. The fraction of sp³-hybridized carbons (Fsp3) is 0.462. The number of ether oxygens (including phenoxy) is 1. The number of rotatable bonds is 1. The molecular weight excluding hydrogens is 298 g/mol. The van der Waals surface area contributed by atoms with Gasteiger partial charge in [0.25, 0.3) is 0 Å². The first-order valence-corrected chi connectivity index (χ1v) is 6.53. The number of benzene rings is 1. The highest BCUT2D eigenvalue weighted by Gasteiger charge is 2.35. The number of nitrogens with one attached hydrogen (secondary N) is 1. The highest BCUT2D eigenvalue weighted by molar-refractivity contribution is 9.10. The number of carbonyl (C=O) groups is 1. The van der Waals surface area contributed by atoms with Gasteiger partial charge < -0.3 is 9.84 Å². The number of carboxylic acid groups (broad SMARTS) is 1. The van der Waals surface area contributed by atoms with Crippen LogP contribution < -0.4 is 10.1 Å². The monoisotopic (exact) mass is 313 g/mol. The van der Waals surface area contributed by atoms with Gasteiger partial charge in [-0.05, 0) is 54.8 Å². The predicted octanol–water partition coefficient (Wildman–Crippen LogP) is 3.87. The lowest BCUT2D eigenvalue weighted by Gasteiger charge is -2.18. The Balaban J connectivity index is 2.62. The van der Waals surface area contributed by atoms with Crippen molar-refractivity contribution >= 4 is 27.7 Å². The van der Waals surface area contributed by atoms with Gasteiger partial charge in [-0.3, -0.25) is 5.32 Å². The minimum absolute atomic E-state index is 0.246. The van der Waals surface area contributed by atoms with Crippen LogP contribution in [-0.4, -0.2) is 16.8 Å². The van der Waals surface area contributed by atoms with Gasteiger partial charge in [-0.1, -0.05) is 0 Å². The maximum Gasteiger partial charge on any atom is 0.409 e. The topological polar surface area (TPSA) is 58.6 Å². The lowest BCUT2D eigenvalue weighted by atomic mass is 9.95. The minimum Gasteiger partial charge on any atom is -0.486 e. The Hall–Kier alpha value is -1.23. The maximum atomic E-state index is 10.9. The van der Waals surface area contributed by atoms with Crippen molar-refractivity contribution in [3.05, 3.63) is 21.2 Å². The van der Waals surface area contributed by atoms with Crippen LogP contribution in [0, 0.1) is 13.8 Å². The van der Waals surface area contributed by atoms with Crippen LogP contribution in [0.2, 0.25) is 0 Å². The highest BCUT2D eigenvalue weighted by atomic mass is 79.9. The van der Waals surface area contributed by atoms with Crippen LogP contribution in [-0.2, 0) is 6.42 Å². The van der Waals surface area contributed by atoms with Gasteiger partial charge >= 0.3 is 6.09 Å². The quantitative estimate of drug-likeness (QED) is 0.827. The molecule has 0 spiro atoms. The van der Waals surface area contributed by atoms with E-state index < -0.39 is 6.09 Å². The summed E-state index contributed by atoms with van der Waals surface area (Å²) >= 11 is 3.50. The molecule has 4 nitrogen and oxygen atoms in total. The third-order valence-electron chi connectivity index (χ3n) is 3.22. The largest absolute Gasteiger partial charge is 0.486 e. The van der Waals surface area contributed by atoms with E-state index in [0.29, 0.717) is 5.69 Å². The van der Waals surface area contributed by atoms with Crippen molar-refractivity contribution in [2.45, 2.75) is 39.7 Å². The average molecular weight is 314 g/mol. The Morgan fingerprint density at radius 2 is 2.00 bits per heavy atom. The predicted molar refractivity (Wildman–Crippen MR) is 73.7 cm³/mol. The number of fused-ring (bicyclic) bond motifs is 1. The molecular formula is C13H16BrNO3. The molecule has 0 saturated heterocycles. The number of hydrogen-bond donors (Lipinski definition) is 2. The molecule has 1 amide bonds. The average Bonchev–Trinajstić information content (AvgIpc) is 2.58. The third kappa shape index (κ3) is 2.07. The molecule has 0 aromatic heterocycles. The summed E-state index contributed by atoms with van der Waals surface area (Å²) in [6.07, 6.45) is -0.271. The number of anilines is 1. The lowest BCUT2D eigenvalue weighted by molar-refractivity contribution is 0.137. The van der Waals surface area contributed by atoms with E-state index in [4.69, 9.17) is 9.84 Å². The van der Waals surface area contributed by atoms with E-state index in [9.17, 15) is 4.79 Å². The number of halogens is 1. The zero-order valence-corrected chi connectivity index (χ0v) is 12.4. The van der Waals surface area contributed by atoms with E-state index in [1.807, 2.05) is 27.7 Å². The first-order valence-electron chi connectivity index (χ1n) is 5.73. The van der Waals surface area contributed by atoms with Crippen LogP contribution in [0.3, 0.4) is 0 Å². The smallest absolute Gasteiger partial charge is 0.409 e. The van der Waals surface area contributed by atoms with Crippen LogP contribution in [0.4, 0.5) is 10.5 Å². The van der Waals surface area contributed by atoms with E-state index in [1.54, 1.807) is 0 Å². The van der Waals surface area contributed by atoms with Crippen molar-refractivity contribution in [3.63, 3.8) is 0 Å². The standard InChI is InChI=1S/C13H16BrNO3/c1-6-8-5-13(3,4)18-11(8)9(14)7(2)10(6)15-12(16)17/h15H,5H2,1-4H3,(H,16,17). The van der Waals surface area contributed by atoms with Crippen LogP contribution >= 0.6 is 15.9 Å². The van der Waals surface area contributed by atoms with Gasteiger partial charge in [0.05, 0.1) is 10.2 Å². The van der Waals surface area contributed by atoms with Crippen molar-refractivity contribution in [3.8, 4) is 5.75 Å². The van der Waals surface area contributed by atoms with E-state index in [1.165, 1.54) is 0 Å². The summed E-state index contributed by atoms with van der Waals surface area (Å²) in [6, 6.07) is 0. The first kappa shape index (κ1) is 13.2. The molecule has 1 aromatic rings. The van der Waals surface area contributed by atoms with Crippen molar-refractivity contribution in [2.24, 2.45) is 0 Å². The van der Waals surface area contributed by atoms with Gasteiger partial charge in [0.2, 0.25) is 0 Å².